The number of hydrogen-bond acceptors (Lipinski definition) is 3. The minimum atomic E-state index is -4.53. The van der Waals surface area contributed by atoms with E-state index in [1.807, 2.05) is 0 Å². The summed E-state index contributed by atoms with van der Waals surface area (Å²) in [6, 6.07) is 1.37. The van der Waals surface area contributed by atoms with Crippen molar-refractivity contribution >= 4 is 28.4 Å². The van der Waals surface area contributed by atoms with Crippen LogP contribution in [0.1, 0.15) is 5.56 Å². The minimum Gasteiger partial charge on any atom is -0.358 e. The number of nitrogens with zero attached hydrogens (tertiary/aromatic N) is 2. The van der Waals surface area contributed by atoms with Gasteiger partial charge >= 0.3 is 12.0 Å². The fraction of sp³-hybridized carbons (Fsp3) is 0.167. The van der Waals surface area contributed by atoms with Crippen LogP contribution in [0.5, 0.6) is 0 Å². The molecule has 0 saturated heterocycles. The molecule has 0 atom stereocenters. The van der Waals surface area contributed by atoms with Gasteiger partial charge in [0.1, 0.15) is 5.56 Å². The third-order valence-electron chi connectivity index (χ3n) is 1.33. The van der Waals surface area contributed by atoms with Crippen LogP contribution in [0.2, 0.25) is 0 Å². The van der Waals surface area contributed by atoms with Crippen LogP contribution in [0.15, 0.2) is 12.1 Å². The van der Waals surface area contributed by atoms with E-state index in [1.54, 1.807) is 0 Å². The fourth-order valence-electron chi connectivity index (χ4n) is 0.738. The van der Waals surface area contributed by atoms with Crippen molar-refractivity contribution in [1.29, 1.82) is 0 Å². The van der Waals surface area contributed by atoms with Gasteiger partial charge in [0.05, 0.1) is 0 Å². The molecule has 4 nitrogen and oxygen atoms in total. The van der Waals surface area contributed by atoms with Gasteiger partial charge in [-0.1, -0.05) is 0 Å². The van der Waals surface area contributed by atoms with Gasteiger partial charge in [0, 0.05) is 28.7 Å². The van der Waals surface area contributed by atoms with E-state index in [-0.39, 0.29) is 0 Å². The van der Waals surface area contributed by atoms with Crippen LogP contribution in [0, 0.1) is 13.8 Å². The van der Waals surface area contributed by atoms with E-state index in [0.29, 0.717) is 6.07 Å². The number of nitro groups is 1. The monoisotopic (exact) mass is 318 g/mol. The lowest BCUT2D eigenvalue weighted by Crippen LogP contribution is -2.09. The predicted molar refractivity (Wildman–Crippen MR) is 48.6 cm³/mol. The largest absolute Gasteiger partial charge is 0.421 e. The van der Waals surface area contributed by atoms with Crippen LogP contribution in [0.4, 0.5) is 19.0 Å². The Balaban J connectivity index is 3.21. The highest BCUT2D eigenvalue weighted by Crippen LogP contribution is 2.32. The maximum atomic E-state index is 12.2. The predicted octanol–water partition coefficient (Wildman–Crippen LogP) is 2.61. The Kier molecular flexibility index (Phi) is 2.92. The minimum absolute atomic E-state index is 0.427. The molecule has 0 radical (unpaired) electrons. The fourth-order valence-corrected chi connectivity index (χ4v) is 1.47. The molecule has 76 valence electrons. The standard InChI is InChI=1S/C6H2F3IN2O2/c7-6(8,9)3-1-2-4(12(13)14)11-5(3)10/h1-2H. The molecule has 8 heteroatoms. The van der Waals surface area contributed by atoms with Crippen LogP contribution < -0.4 is 0 Å². The Morgan fingerprint density at radius 3 is 2.36 bits per heavy atom. The third-order valence-corrected chi connectivity index (χ3v) is 2.15. The molecule has 0 aliphatic rings. The molecular formula is C6H2F3IN2O2. The molecule has 0 aromatic carbocycles. The Morgan fingerprint density at radius 1 is 1.43 bits per heavy atom. The van der Waals surface area contributed by atoms with Gasteiger partial charge in [0.25, 0.3) is 0 Å². The molecule has 1 aromatic heterocycles. The molecule has 1 aromatic rings. The van der Waals surface area contributed by atoms with Gasteiger partial charge in [-0.05, 0) is 16.0 Å². The van der Waals surface area contributed by atoms with E-state index in [9.17, 15) is 23.3 Å². The second kappa shape index (κ2) is 3.67. The summed E-state index contributed by atoms with van der Waals surface area (Å²) < 4.78 is 36.1. The Hall–Kier alpha value is -0.930. The first-order valence-corrected chi connectivity index (χ1v) is 4.28. The van der Waals surface area contributed by atoms with Crippen molar-refractivity contribution in [2.45, 2.75) is 6.18 Å². The summed E-state index contributed by atoms with van der Waals surface area (Å²) in [7, 11) is 0. The van der Waals surface area contributed by atoms with Crippen LogP contribution in [0.3, 0.4) is 0 Å². The van der Waals surface area contributed by atoms with Gasteiger partial charge in [-0.15, -0.1) is 0 Å². The number of alkyl halides is 3. The molecule has 0 fully saturated rings. The second-order valence-electron chi connectivity index (χ2n) is 2.26. The van der Waals surface area contributed by atoms with Gasteiger partial charge in [-0.25, -0.2) is 0 Å². The summed E-state index contributed by atoms with van der Waals surface area (Å²) >= 11 is 1.31. The topological polar surface area (TPSA) is 56.0 Å². The lowest BCUT2D eigenvalue weighted by Gasteiger charge is -2.04. The zero-order chi connectivity index (χ0) is 10.9. The molecule has 0 bridgehead atoms. The number of pyridine rings is 1. The van der Waals surface area contributed by atoms with Crippen molar-refractivity contribution in [3.05, 3.63) is 31.5 Å². The molecule has 0 N–H and O–H groups in total. The van der Waals surface area contributed by atoms with Crippen LogP contribution in [-0.2, 0) is 6.18 Å². The summed E-state index contributed by atoms with van der Waals surface area (Å²) in [5.74, 6) is -0.595. The molecule has 0 aliphatic carbocycles. The van der Waals surface area contributed by atoms with Crippen molar-refractivity contribution < 1.29 is 18.1 Å². The normalized spacial score (nSPS) is 11.4. The highest BCUT2D eigenvalue weighted by molar-refractivity contribution is 14.1. The summed E-state index contributed by atoms with van der Waals surface area (Å²) in [4.78, 5) is 12.5. The van der Waals surface area contributed by atoms with Crippen LogP contribution in [0.25, 0.3) is 0 Å². The average Bonchev–Trinajstić information content (AvgIpc) is 2.01. The van der Waals surface area contributed by atoms with Gasteiger partial charge in [-0.3, -0.25) is 0 Å². The summed E-state index contributed by atoms with van der Waals surface area (Å²) in [5.41, 5.74) is -0.969. The Bertz CT molecular complexity index is 380. The maximum absolute atomic E-state index is 12.2. The van der Waals surface area contributed by atoms with E-state index in [2.05, 4.69) is 4.98 Å². The van der Waals surface area contributed by atoms with Crippen LogP contribution >= 0.6 is 22.6 Å². The Labute approximate surface area is 89.4 Å². The first-order valence-electron chi connectivity index (χ1n) is 3.20. The highest BCUT2D eigenvalue weighted by Gasteiger charge is 2.36. The number of rotatable bonds is 1. The molecular weight excluding hydrogens is 316 g/mol. The quantitative estimate of drug-likeness (QED) is 0.346. The van der Waals surface area contributed by atoms with E-state index in [0.717, 1.165) is 6.07 Å². The number of hydrogen-bond donors (Lipinski definition) is 0. The van der Waals surface area contributed by atoms with E-state index < -0.39 is 26.2 Å². The summed E-state index contributed by atoms with van der Waals surface area (Å²) in [5, 5.41) is 10.2. The van der Waals surface area contributed by atoms with Crippen molar-refractivity contribution in [3.63, 3.8) is 0 Å². The van der Waals surface area contributed by atoms with Gasteiger partial charge in [0.15, 0.2) is 0 Å². The molecule has 1 rings (SSSR count). The lowest BCUT2D eigenvalue weighted by molar-refractivity contribution is -0.389. The summed E-state index contributed by atoms with van der Waals surface area (Å²) in [6.07, 6.45) is -4.53. The third kappa shape index (κ3) is 2.30. The first-order chi connectivity index (χ1) is 6.32. The van der Waals surface area contributed by atoms with Gasteiger partial charge < -0.3 is 10.1 Å². The second-order valence-corrected chi connectivity index (χ2v) is 3.28. The zero-order valence-electron chi connectivity index (χ0n) is 6.38. The Morgan fingerprint density at radius 2 is 2.00 bits per heavy atom. The molecule has 0 unspecified atom stereocenters. The number of aromatic nitrogens is 1. The average molecular weight is 318 g/mol. The van der Waals surface area contributed by atoms with Crippen molar-refractivity contribution in [1.82, 2.24) is 4.98 Å². The first kappa shape index (κ1) is 11.1. The highest BCUT2D eigenvalue weighted by atomic mass is 127. The van der Waals surface area contributed by atoms with Gasteiger partial charge in [-0.2, -0.15) is 13.2 Å². The number of halogens is 4. The smallest absolute Gasteiger partial charge is 0.358 e. The van der Waals surface area contributed by atoms with Crippen LogP contribution in [-0.4, -0.2) is 9.91 Å². The van der Waals surface area contributed by atoms with E-state index in [4.69, 9.17) is 0 Å². The lowest BCUT2D eigenvalue weighted by atomic mass is 10.3. The van der Waals surface area contributed by atoms with Crippen molar-refractivity contribution in [2.75, 3.05) is 0 Å². The zero-order valence-corrected chi connectivity index (χ0v) is 8.53. The molecule has 0 amide bonds. The van der Waals surface area contributed by atoms with Crippen molar-refractivity contribution in [3.8, 4) is 0 Å². The maximum Gasteiger partial charge on any atom is 0.421 e. The summed E-state index contributed by atoms with van der Waals surface area (Å²) in [6.45, 7) is 0. The molecule has 0 aliphatic heterocycles. The molecule has 14 heavy (non-hydrogen) atoms. The molecule has 1 heterocycles. The molecule has 0 spiro atoms. The molecule has 0 saturated carbocycles. The van der Waals surface area contributed by atoms with Crippen molar-refractivity contribution in [2.24, 2.45) is 0 Å². The SMILES string of the molecule is O=[N+]([O-])c1ccc(C(F)(F)F)c(I)n1. The van der Waals surface area contributed by atoms with E-state index in [1.165, 1.54) is 22.6 Å². The van der Waals surface area contributed by atoms with E-state index >= 15 is 0 Å². The van der Waals surface area contributed by atoms with Gasteiger partial charge in [0.2, 0.25) is 3.70 Å².